The van der Waals surface area contributed by atoms with E-state index < -0.39 is 0 Å². The number of methoxy groups -OCH3 is 3. The van der Waals surface area contributed by atoms with Gasteiger partial charge in [-0.05, 0) is 11.5 Å². The number of aliphatic imine (C=N–C) groups is 1. The van der Waals surface area contributed by atoms with E-state index in [9.17, 15) is 4.79 Å². The zero-order chi connectivity index (χ0) is 23.1. The predicted octanol–water partition coefficient (Wildman–Crippen LogP) is 2.49. The summed E-state index contributed by atoms with van der Waals surface area (Å²) in [4.78, 5) is 18.7. The minimum absolute atomic E-state index is 0.238. The zero-order valence-electron chi connectivity index (χ0n) is 19.4. The Morgan fingerprint density at radius 1 is 1.20 bits per heavy atom. The van der Waals surface area contributed by atoms with Crippen molar-refractivity contribution >= 4 is 23.5 Å². The molecule has 1 amide bonds. The van der Waals surface area contributed by atoms with Crippen molar-refractivity contribution in [3.05, 3.63) is 46.6 Å². The van der Waals surface area contributed by atoms with Crippen LogP contribution >= 0.6 is 11.8 Å². The summed E-state index contributed by atoms with van der Waals surface area (Å²) in [6.45, 7) is 6.22. The van der Waals surface area contributed by atoms with Gasteiger partial charge in [0.15, 0.2) is 11.5 Å². The van der Waals surface area contributed by atoms with Crippen molar-refractivity contribution in [3.8, 4) is 0 Å². The van der Waals surface area contributed by atoms with E-state index in [-0.39, 0.29) is 12.5 Å². The molecule has 0 fully saturated rings. The molecule has 0 aromatic carbocycles. The summed E-state index contributed by atoms with van der Waals surface area (Å²) in [5.74, 6) is 2.87. The van der Waals surface area contributed by atoms with Crippen molar-refractivity contribution in [1.29, 1.82) is 0 Å². The predicted molar refractivity (Wildman–Crippen MR) is 125 cm³/mol. The van der Waals surface area contributed by atoms with Crippen molar-refractivity contribution in [2.45, 2.75) is 13.3 Å². The number of rotatable bonds is 13. The van der Waals surface area contributed by atoms with Gasteiger partial charge in [0.2, 0.25) is 0 Å². The highest BCUT2D eigenvalue weighted by atomic mass is 32.2. The van der Waals surface area contributed by atoms with E-state index in [2.05, 4.69) is 22.2 Å². The van der Waals surface area contributed by atoms with Gasteiger partial charge in [-0.2, -0.15) is 0 Å². The lowest BCUT2D eigenvalue weighted by Crippen LogP contribution is -2.29. The van der Waals surface area contributed by atoms with Crippen LogP contribution in [-0.4, -0.2) is 78.5 Å². The maximum absolute atomic E-state index is 12.8. The number of amidine groups is 1. The average Bonchev–Trinajstić information content (AvgIpc) is 2.75. The molecule has 0 aliphatic carbocycles. The van der Waals surface area contributed by atoms with Crippen molar-refractivity contribution in [3.63, 3.8) is 0 Å². The molecule has 170 valence electrons. The van der Waals surface area contributed by atoms with E-state index in [4.69, 9.17) is 14.2 Å². The fourth-order valence-corrected chi connectivity index (χ4v) is 3.22. The Bertz CT molecular complexity index is 691. The summed E-state index contributed by atoms with van der Waals surface area (Å²) < 4.78 is 16.2. The maximum atomic E-state index is 12.8. The van der Waals surface area contributed by atoms with Gasteiger partial charge >= 0.3 is 0 Å². The number of carbonyl (C=O) groups excluding carboxylic acids is 1. The van der Waals surface area contributed by atoms with Crippen molar-refractivity contribution in [2.75, 3.05) is 61.8 Å². The Hall–Kier alpha value is -2.55. The van der Waals surface area contributed by atoms with E-state index in [0.717, 1.165) is 5.84 Å². The first-order valence-corrected chi connectivity index (χ1v) is 10.5. The first kappa shape index (κ1) is 27.5. The molecular formula is C21H36N4O4S. The second kappa shape index (κ2) is 15.3. The van der Waals surface area contributed by atoms with Crippen molar-refractivity contribution < 1.29 is 19.0 Å². The number of ether oxygens (including phenoxy) is 3. The highest BCUT2D eigenvalue weighted by Crippen LogP contribution is 2.20. The van der Waals surface area contributed by atoms with E-state index in [1.165, 1.54) is 11.8 Å². The van der Waals surface area contributed by atoms with Crippen molar-refractivity contribution in [1.82, 2.24) is 15.5 Å². The van der Waals surface area contributed by atoms with Crippen molar-refractivity contribution in [2.24, 2.45) is 4.99 Å². The van der Waals surface area contributed by atoms with Crippen LogP contribution in [-0.2, 0) is 19.0 Å². The van der Waals surface area contributed by atoms with E-state index in [0.29, 0.717) is 40.7 Å². The third-order valence-electron chi connectivity index (χ3n) is 4.09. The molecule has 0 aliphatic heterocycles. The number of hydrogen-bond donors (Lipinski definition) is 2. The summed E-state index contributed by atoms with van der Waals surface area (Å²) in [7, 11) is 11.9. The van der Waals surface area contributed by atoms with E-state index >= 15 is 0 Å². The van der Waals surface area contributed by atoms with Crippen LogP contribution in [0.1, 0.15) is 13.3 Å². The van der Waals surface area contributed by atoms with Gasteiger partial charge in [0.05, 0.1) is 32.7 Å². The molecule has 0 aromatic rings. The Labute approximate surface area is 185 Å². The normalized spacial score (nSPS) is 13.3. The molecule has 0 bridgehead atoms. The molecule has 2 N–H and O–H groups in total. The minimum Gasteiger partial charge on any atom is -0.497 e. The molecule has 0 aliphatic rings. The molecule has 9 heteroatoms. The fourth-order valence-electron chi connectivity index (χ4n) is 2.30. The molecule has 0 aromatic heterocycles. The Morgan fingerprint density at radius 3 is 2.30 bits per heavy atom. The molecule has 0 heterocycles. The third kappa shape index (κ3) is 8.86. The number of nitrogens with one attached hydrogen (secondary N) is 2. The summed E-state index contributed by atoms with van der Waals surface area (Å²) in [6.07, 6.45) is 2.38. The van der Waals surface area contributed by atoms with Gasteiger partial charge in [0.25, 0.3) is 5.91 Å². The number of nitrogens with zero attached hydrogens (tertiary/aromatic N) is 2. The van der Waals surface area contributed by atoms with Gasteiger partial charge in [-0.3, -0.25) is 9.79 Å². The number of amides is 1. The monoisotopic (exact) mass is 440 g/mol. The zero-order valence-corrected chi connectivity index (χ0v) is 20.2. The highest BCUT2D eigenvalue weighted by Gasteiger charge is 2.16. The smallest absolute Gasteiger partial charge is 0.254 e. The van der Waals surface area contributed by atoms with Crippen LogP contribution in [0.5, 0.6) is 0 Å². The first-order valence-electron chi connectivity index (χ1n) is 9.46. The topological polar surface area (TPSA) is 84.4 Å². The summed E-state index contributed by atoms with van der Waals surface area (Å²) in [5, 5.41) is 7.68. The van der Waals surface area contributed by atoms with E-state index in [1.54, 1.807) is 44.8 Å². The second-order valence-electron chi connectivity index (χ2n) is 6.10. The maximum Gasteiger partial charge on any atom is 0.254 e. The minimum atomic E-state index is -0.238. The lowest BCUT2D eigenvalue weighted by Gasteiger charge is -2.18. The lowest BCUT2D eigenvalue weighted by atomic mass is 10.2. The van der Waals surface area contributed by atoms with Crippen LogP contribution in [0.3, 0.4) is 0 Å². The van der Waals surface area contributed by atoms with Crippen LogP contribution in [0.4, 0.5) is 0 Å². The molecular weight excluding hydrogens is 404 g/mol. The largest absolute Gasteiger partial charge is 0.497 e. The van der Waals surface area contributed by atoms with Crippen LogP contribution in [0.2, 0.25) is 0 Å². The number of hydrogen-bond acceptors (Lipinski definition) is 7. The van der Waals surface area contributed by atoms with Gasteiger partial charge in [0, 0.05) is 46.9 Å². The van der Waals surface area contributed by atoms with Gasteiger partial charge < -0.3 is 29.7 Å². The highest BCUT2D eigenvalue weighted by molar-refractivity contribution is 8.02. The molecule has 8 nitrogen and oxygen atoms in total. The van der Waals surface area contributed by atoms with Gasteiger partial charge in [0.1, 0.15) is 11.6 Å². The van der Waals surface area contributed by atoms with Crippen LogP contribution < -0.4 is 10.6 Å². The summed E-state index contributed by atoms with van der Waals surface area (Å²) in [6, 6.07) is 0. The molecule has 30 heavy (non-hydrogen) atoms. The van der Waals surface area contributed by atoms with Crippen LogP contribution in [0.15, 0.2) is 51.6 Å². The lowest BCUT2D eigenvalue weighted by molar-refractivity contribution is -0.117. The quantitative estimate of drug-likeness (QED) is 0.150. The van der Waals surface area contributed by atoms with E-state index in [1.807, 2.05) is 28.1 Å². The average molecular weight is 441 g/mol. The third-order valence-corrected chi connectivity index (χ3v) is 4.94. The van der Waals surface area contributed by atoms with Crippen LogP contribution in [0, 0.1) is 0 Å². The summed E-state index contributed by atoms with van der Waals surface area (Å²) in [5.41, 5.74) is 1.10. The second-order valence-corrected chi connectivity index (χ2v) is 6.96. The number of thioether (sulfide) groups is 1. The fraction of sp³-hybridized carbons (Fsp3) is 0.524. The molecule has 0 radical (unpaired) electrons. The van der Waals surface area contributed by atoms with Gasteiger partial charge in [-0.1, -0.05) is 13.5 Å². The summed E-state index contributed by atoms with van der Waals surface area (Å²) >= 11 is 1.47. The van der Waals surface area contributed by atoms with Crippen LogP contribution in [0.25, 0.3) is 0 Å². The number of likely N-dealkylation sites (N-methyl/N-ethyl adjacent to an activating group) is 1. The number of allylic oxidation sites excluding steroid dienone is 1. The molecule has 0 rings (SSSR count). The number of carbonyl (C=O) groups is 1. The molecule has 0 unspecified atom stereocenters. The SMILES string of the molecule is C=C(/C(=C\SC/C(=N\C)NC)C(=O)NC/C=C(OC)\C(OC)=C(/CC)OC)N(C)C. The first-order chi connectivity index (χ1) is 14.3. The standard InChI is InChI=1S/C21H36N4O4S/c1-10-17(27-7)20(29-9)18(28-8)11-12-24-21(26)16(15(2)25(5)6)13-30-14-19(22-3)23-4/h11,13H,2,10,12,14H2,1,3-9H3,(H,22,23)(H,24,26)/b16-13+,18-11+,20-17-. The molecule has 0 saturated carbocycles. The van der Waals surface area contributed by atoms with Gasteiger partial charge in [-0.25, -0.2) is 0 Å². The van der Waals surface area contributed by atoms with Gasteiger partial charge in [-0.15, -0.1) is 11.8 Å². The Balaban J connectivity index is 5.43. The Morgan fingerprint density at radius 2 is 1.87 bits per heavy atom. The Kier molecular flexibility index (Phi) is 14.0. The molecule has 0 atom stereocenters. The molecule has 0 saturated heterocycles. The molecule has 0 spiro atoms.